The second-order valence-electron chi connectivity index (χ2n) is 5.15. The molecule has 0 radical (unpaired) electrons. The highest BCUT2D eigenvalue weighted by atomic mass is 19.2. The van der Waals surface area contributed by atoms with E-state index in [1.165, 1.54) is 0 Å². The first-order valence-electron chi connectivity index (χ1n) is 7.39. The third kappa shape index (κ3) is 4.48. The third-order valence-corrected chi connectivity index (χ3v) is 3.44. The molecule has 2 amide bonds. The van der Waals surface area contributed by atoms with Crippen molar-refractivity contribution in [3.8, 4) is 0 Å². The SMILES string of the molecule is O=C(Nc1ccc(F)c(F)c1F)NC(CCCO)c1ccccc1. The molecule has 0 saturated carbocycles. The number of halogens is 3. The second-order valence-corrected chi connectivity index (χ2v) is 5.15. The first-order valence-corrected chi connectivity index (χ1v) is 7.39. The molecular formula is C17H17F3N2O2. The van der Waals surface area contributed by atoms with E-state index >= 15 is 0 Å². The predicted molar refractivity (Wildman–Crippen MR) is 84.0 cm³/mol. The fourth-order valence-corrected chi connectivity index (χ4v) is 2.24. The van der Waals surface area contributed by atoms with Crippen molar-refractivity contribution in [3.05, 3.63) is 65.5 Å². The molecule has 1 unspecified atom stereocenters. The number of hydrogen-bond donors (Lipinski definition) is 3. The van der Waals surface area contributed by atoms with Crippen LogP contribution in [0.3, 0.4) is 0 Å². The Kier molecular flexibility index (Phi) is 6.20. The molecular weight excluding hydrogens is 321 g/mol. The minimum Gasteiger partial charge on any atom is -0.396 e. The maximum absolute atomic E-state index is 13.6. The molecule has 128 valence electrons. The molecule has 0 heterocycles. The molecule has 0 aliphatic rings. The van der Waals surface area contributed by atoms with Crippen molar-refractivity contribution in [2.75, 3.05) is 11.9 Å². The zero-order valence-corrected chi connectivity index (χ0v) is 12.7. The molecule has 0 spiro atoms. The van der Waals surface area contributed by atoms with Gasteiger partial charge in [-0.3, -0.25) is 0 Å². The van der Waals surface area contributed by atoms with Gasteiger partial charge in [0.25, 0.3) is 0 Å². The molecule has 0 bridgehead atoms. The minimum atomic E-state index is -1.65. The smallest absolute Gasteiger partial charge is 0.319 e. The molecule has 3 N–H and O–H groups in total. The van der Waals surface area contributed by atoms with E-state index in [4.69, 9.17) is 5.11 Å². The van der Waals surface area contributed by atoms with Crippen molar-refractivity contribution >= 4 is 11.7 Å². The van der Waals surface area contributed by atoms with Crippen LogP contribution in [0.4, 0.5) is 23.7 Å². The molecule has 2 aromatic rings. The van der Waals surface area contributed by atoms with Crippen molar-refractivity contribution in [2.45, 2.75) is 18.9 Å². The predicted octanol–water partition coefficient (Wildman–Crippen LogP) is 3.74. The Bertz CT molecular complexity index is 696. The van der Waals surface area contributed by atoms with Gasteiger partial charge in [-0.25, -0.2) is 18.0 Å². The molecule has 1 atom stereocenters. The first-order chi connectivity index (χ1) is 11.5. The van der Waals surface area contributed by atoms with Gasteiger partial charge in [0.05, 0.1) is 11.7 Å². The number of rotatable bonds is 6. The van der Waals surface area contributed by atoms with Crippen LogP contribution in [0.25, 0.3) is 0 Å². The Balaban J connectivity index is 2.09. The van der Waals surface area contributed by atoms with E-state index in [0.29, 0.717) is 12.8 Å². The number of amides is 2. The summed E-state index contributed by atoms with van der Waals surface area (Å²) in [5.74, 6) is -4.44. The molecule has 4 nitrogen and oxygen atoms in total. The molecule has 0 aliphatic carbocycles. The van der Waals surface area contributed by atoms with E-state index in [1.54, 1.807) is 24.3 Å². The van der Waals surface area contributed by atoms with Gasteiger partial charge >= 0.3 is 6.03 Å². The van der Waals surface area contributed by atoms with E-state index < -0.39 is 35.2 Å². The highest BCUT2D eigenvalue weighted by Crippen LogP contribution is 2.21. The van der Waals surface area contributed by atoms with Gasteiger partial charge in [-0.1, -0.05) is 30.3 Å². The van der Waals surface area contributed by atoms with Gasteiger partial charge in [0.2, 0.25) is 0 Å². The standard InChI is InChI=1S/C17H17F3N2O2/c18-12-8-9-14(16(20)15(12)19)22-17(24)21-13(7-4-10-23)11-5-2-1-3-6-11/h1-3,5-6,8-9,13,23H,4,7,10H2,(H2,21,22,24). The summed E-state index contributed by atoms with van der Waals surface area (Å²) in [6, 6.07) is 9.54. The quantitative estimate of drug-likeness (QED) is 0.703. The zero-order chi connectivity index (χ0) is 17.5. The largest absolute Gasteiger partial charge is 0.396 e. The number of benzene rings is 2. The van der Waals surface area contributed by atoms with Crippen LogP contribution in [-0.4, -0.2) is 17.7 Å². The molecule has 7 heteroatoms. The number of urea groups is 1. The highest BCUT2D eigenvalue weighted by molar-refractivity contribution is 5.89. The van der Waals surface area contributed by atoms with Gasteiger partial charge in [-0.15, -0.1) is 0 Å². The van der Waals surface area contributed by atoms with Crippen molar-refractivity contribution in [2.24, 2.45) is 0 Å². The molecule has 0 aromatic heterocycles. The monoisotopic (exact) mass is 338 g/mol. The van der Waals surface area contributed by atoms with Crippen molar-refractivity contribution in [1.29, 1.82) is 0 Å². The molecule has 0 saturated heterocycles. The number of aliphatic hydroxyl groups is 1. The summed E-state index contributed by atoms with van der Waals surface area (Å²) < 4.78 is 39.7. The van der Waals surface area contributed by atoms with Crippen LogP contribution in [0.2, 0.25) is 0 Å². The van der Waals surface area contributed by atoms with Gasteiger partial charge < -0.3 is 15.7 Å². The summed E-state index contributed by atoms with van der Waals surface area (Å²) in [5.41, 5.74) is 0.354. The van der Waals surface area contributed by atoms with E-state index in [1.807, 2.05) is 6.07 Å². The van der Waals surface area contributed by atoms with Crippen LogP contribution < -0.4 is 10.6 Å². The average molecular weight is 338 g/mol. The van der Waals surface area contributed by atoms with Crippen molar-refractivity contribution in [3.63, 3.8) is 0 Å². The molecule has 0 aliphatic heterocycles. The van der Waals surface area contributed by atoms with E-state index in [9.17, 15) is 18.0 Å². The summed E-state index contributed by atoms with van der Waals surface area (Å²) in [4.78, 5) is 12.0. The van der Waals surface area contributed by atoms with Crippen molar-refractivity contribution in [1.82, 2.24) is 5.32 Å². The third-order valence-electron chi connectivity index (χ3n) is 3.44. The molecule has 24 heavy (non-hydrogen) atoms. The summed E-state index contributed by atoms with van der Waals surface area (Å²) >= 11 is 0. The van der Waals surface area contributed by atoms with Crippen molar-refractivity contribution < 1.29 is 23.1 Å². The number of carbonyl (C=O) groups excluding carboxylic acids is 1. The lowest BCUT2D eigenvalue weighted by Gasteiger charge is -2.19. The number of hydrogen-bond acceptors (Lipinski definition) is 2. The van der Waals surface area contributed by atoms with E-state index in [-0.39, 0.29) is 6.61 Å². The lowest BCUT2D eigenvalue weighted by Crippen LogP contribution is -2.33. The van der Waals surface area contributed by atoms with Crippen LogP contribution >= 0.6 is 0 Å². The van der Waals surface area contributed by atoms with E-state index in [0.717, 1.165) is 17.7 Å². The van der Waals surface area contributed by atoms with Crippen LogP contribution in [0.1, 0.15) is 24.4 Å². The lowest BCUT2D eigenvalue weighted by atomic mass is 10.0. The maximum atomic E-state index is 13.6. The first kappa shape index (κ1) is 17.8. The minimum absolute atomic E-state index is 0.0373. The molecule has 2 aromatic carbocycles. The lowest BCUT2D eigenvalue weighted by molar-refractivity contribution is 0.243. The number of nitrogens with one attached hydrogen (secondary N) is 2. The summed E-state index contributed by atoms with van der Waals surface area (Å²) in [5, 5.41) is 13.8. The highest BCUT2D eigenvalue weighted by Gasteiger charge is 2.18. The van der Waals surface area contributed by atoms with Gasteiger partial charge in [0, 0.05) is 6.61 Å². The summed E-state index contributed by atoms with van der Waals surface area (Å²) in [6.45, 7) is -0.0373. The van der Waals surface area contributed by atoms with Crippen LogP contribution in [0.15, 0.2) is 42.5 Å². The second kappa shape index (κ2) is 8.35. The number of anilines is 1. The summed E-state index contributed by atoms with van der Waals surface area (Å²) in [7, 11) is 0. The normalized spacial score (nSPS) is 11.8. The van der Waals surface area contributed by atoms with Crippen LogP contribution in [0, 0.1) is 17.5 Å². The molecule has 0 fully saturated rings. The van der Waals surface area contributed by atoms with Crippen LogP contribution in [-0.2, 0) is 0 Å². The fourth-order valence-electron chi connectivity index (χ4n) is 2.24. The topological polar surface area (TPSA) is 61.4 Å². The van der Waals surface area contributed by atoms with Crippen LogP contribution in [0.5, 0.6) is 0 Å². The number of carbonyl (C=O) groups is 1. The van der Waals surface area contributed by atoms with E-state index in [2.05, 4.69) is 10.6 Å². The van der Waals surface area contributed by atoms with Gasteiger partial charge in [0.1, 0.15) is 0 Å². The summed E-state index contributed by atoms with van der Waals surface area (Å²) in [6.07, 6.45) is 0.924. The Morgan fingerprint density at radius 3 is 2.42 bits per heavy atom. The maximum Gasteiger partial charge on any atom is 0.319 e. The van der Waals surface area contributed by atoms with Gasteiger partial charge in [-0.05, 0) is 30.5 Å². The Hall–Kier alpha value is -2.54. The fraction of sp³-hybridized carbons (Fsp3) is 0.235. The Morgan fingerprint density at radius 2 is 1.75 bits per heavy atom. The number of aliphatic hydroxyl groups excluding tert-OH is 1. The Morgan fingerprint density at radius 1 is 1.04 bits per heavy atom. The van der Waals surface area contributed by atoms with Gasteiger partial charge in [-0.2, -0.15) is 0 Å². The average Bonchev–Trinajstić information content (AvgIpc) is 2.60. The molecule has 2 rings (SSSR count). The van der Waals surface area contributed by atoms with Gasteiger partial charge in [0.15, 0.2) is 17.5 Å². The Labute approximate surface area is 137 Å². The zero-order valence-electron chi connectivity index (χ0n) is 12.7.